The van der Waals surface area contributed by atoms with E-state index >= 15 is 0 Å². The number of hydrogen-bond acceptors (Lipinski definition) is 5. The van der Waals surface area contributed by atoms with Crippen LogP contribution in [0.2, 0.25) is 0 Å². The molecule has 4 rings (SSSR count). The molecule has 142 valence electrons. The number of halogens is 1. The first-order valence-corrected chi connectivity index (χ1v) is 8.79. The number of amides is 1. The van der Waals surface area contributed by atoms with Gasteiger partial charge in [0.25, 0.3) is 5.91 Å². The number of nitrogens with one attached hydrogen (secondary N) is 2. The number of anilines is 1. The number of hydrogen-bond donors (Lipinski definition) is 2. The number of fused-ring (bicyclic) bond motifs is 1. The molecular weight excluding hydrogens is 361 g/mol. The van der Waals surface area contributed by atoms with Crippen molar-refractivity contribution in [2.75, 3.05) is 12.1 Å². The predicted molar refractivity (Wildman–Crippen MR) is 102 cm³/mol. The monoisotopic (exact) mass is 379 g/mol. The molecule has 2 aromatic carbocycles. The summed E-state index contributed by atoms with van der Waals surface area (Å²) in [5.41, 5.74) is 2.47. The molecule has 0 saturated heterocycles. The van der Waals surface area contributed by atoms with E-state index in [4.69, 9.17) is 9.47 Å². The molecule has 0 atom stereocenters. The minimum Gasteiger partial charge on any atom is -0.454 e. The van der Waals surface area contributed by atoms with Crippen molar-refractivity contribution < 1.29 is 18.7 Å². The topological polar surface area (TPSA) is 72.5 Å². The van der Waals surface area contributed by atoms with Crippen LogP contribution in [0, 0.1) is 5.82 Å². The van der Waals surface area contributed by atoms with Gasteiger partial charge in [0.1, 0.15) is 11.5 Å². The van der Waals surface area contributed by atoms with E-state index in [1.807, 2.05) is 18.2 Å². The minimum atomic E-state index is -0.279. The van der Waals surface area contributed by atoms with Crippen molar-refractivity contribution in [2.24, 2.45) is 0 Å². The number of pyridine rings is 1. The second kappa shape index (κ2) is 7.96. The molecule has 0 saturated carbocycles. The molecule has 1 aliphatic heterocycles. The van der Waals surface area contributed by atoms with Crippen molar-refractivity contribution in [1.82, 2.24) is 10.3 Å². The van der Waals surface area contributed by atoms with Gasteiger partial charge in [-0.05, 0) is 35.9 Å². The highest BCUT2D eigenvalue weighted by molar-refractivity contribution is 5.92. The molecule has 0 fully saturated rings. The standard InChI is InChI=1S/C21H18FN3O3/c22-17-4-2-1-3-15(17)11-23-16-6-7-18(24-12-16)21(26)25-10-14-5-8-19-20(9-14)28-13-27-19/h1-9,12,23H,10-11,13H2,(H,25,26). The van der Waals surface area contributed by atoms with Crippen molar-refractivity contribution in [3.05, 3.63) is 83.4 Å². The minimum absolute atomic E-state index is 0.215. The summed E-state index contributed by atoms with van der Waals surface area (Å²) in [6, 6.07) is 15.5. The van der Waals surface area contributed by atoms with Crippen LogP contribution >= 0.6 is 0 Å². The third kappa shape index (κ3) is 4.03. The SMILES string of the molecule is O=C(NCc1ccc2c(c1)OCO2)c1ccc(NCc2ccccc2F)cn1. The number of rotatable bonds is 6. The first-order chi connectivity index (χ1) is 13.7. The van der Waals surface area contributed by atoms with Gasteiger partial charge in [-0.3, -0.25) is 4.79 Å². The van der Waals surface area contributed by atoms with Gasteiger partial charge in [-0.25, -0.2) is 9.37 Å². The van der Waals surface area contributed by atoms with E-state index in [2.05, 4.69) is 15.6 Å². The number of aromatic nitrogens is 1. The lowest BCUT2D eigenvalue weighted by Gasteiger charge is -2.09. The lowest BCUT2D eigenvalue weighted by Crippen LogP contribution is -2.23. The fourth-order valence-electron chi connectivity index (χ4n) is 2.80. The molecule has 0 aliphatic carbocycles. The van der Waals surface area contributed by atoms with Crippen LogP contribution in [0.5, 0.6) is 11.5 Å². The van der Waals surface area contributed by atoms with Gasteiger partial charge in [-0.1, -0.05) is 24.3 Å². The highest BCUT2D eigenvalue weighted by Crippen LogP contribution is 2.32. The van der Waals surface area contributed by atoms with Crippen LogP contribution in [-0.4, -0.2) is 17.7 Å². The molecule has 6 nitrogen and oxygen atoms in total. The Morgan fingerprint density at radius 3 is 2.71 bits per heavy atom. The number of nitrogens with zero attached hydrogens (tertiary/aromatic N) is 1. The summed E-state index contributed by atoms with van der Waals surface area (Å²) in [5.74, 6) is 0.839. The smallest absolute Gasteiger partial charge is 0.270 e. The molecule has 0 bridgehead atoms. The Morgan fingerprint density at radius 2 is 1.89 bits per heavy atom. The van der Waals surface area contributed by atoms with Gasteiger partial charge in [-0.2, -0.15) is 0 Å². The maximum atomic E-state index is 13.6. The number of ether oxygens (including phenoxy) is 2. The molecule has 0 radical (unpaired) electrons. The average molecular weight is 379 g/mol. The van der Waals surface area contributed by atoms with E-state index in [1.165, 1.54) is 6.07 Å². The Bertz CT molecular complexity index is 992. The van der Waals surface area contributed by atoms with E-state index in [-0.39, 0.29) is 18.5 Å². The lowest BCUT2D eigenvalue weighted by molar-refractivity contribution is 0.0946. The number of carbonyl (C=O) groups is 1. The third-order valence-electron chi connectivity index (χ3n) is 4.33. The highest BCUT2D eigenvalue weighted by atomic mass is 19.1. The van der Waals surface area contributed by atoms with E-state index in [1.54, 1.807) is 36.5 Å². The zero-order chi connectivity index (χ0) is 19.3. The summed E-state index contributed by atoms with van der Waals surface area (Å²) >= 11 is 0. The van der Waals surface area contributed by atoms with Gasteiger partial charge in [0.15, 0.2) is 11.5 Å². The van der Waals surface area contributed by atoms with Crippen molar-refractivity contribution in [1.29, 1.82) is 0 Å². The Labute approximate surface area is 161 Å². The molecule has 1 amide bonds. The summed E-state index contributed by atoms with van der Waals surface area (Å²) in [6.07, 6.45) is 1.55. The molecule has 2 heterocycles. The van der Waals surface area contributed by atoms with Gasteiger partial charge in [0.2, 0.25) is 6.79 Å². The molecule has 1 aromatic heterocycles. The molecule has 0 unspecified atom stereocenters. The van der Waals surface area contributed by atoms with Crippen molar-refractivity contribution in [3.8, 4) is 11.5 Å². The number of carbonyl (C=O) groups excluding carboxylic acids is 1. The van der Waals surface area contributed by atoms with Gasteiger partial charge in [0.05, 0.1) is 11.9 Å². The molecule has 7 heteroatoms. The maximum Gasteiger partial charge on any atom is 0.270 e. The molecular formula is C21H18FN3O3. The first kappa shape index (κ1) is 17.8. The lowest BCUT2D eigenvalue weighted by atomic mass is 10.2. The summed E-state index contributed by atoms with van der Waals surface area (Å²) < 4.78 is 24.2. The normalized spacial score (nSPS) is 11.9. The van der Waals surface area contributed by atoms with E-state index in [9.17, 15) is 9.18 Å². The second-order valence-corrected chi connectivity index (χ2v) is 6.25. The van der Waals surface area contributed by atoms with Crippen LogP contribution in [0.25, 0.3) is 0 Å². The Hall–Kier alpha value is -3.61. The first-order valence-electron chi connectivity index (χ1n) is 8.79. The van der Waals surface area contributed by atoms with Gasteiger partial charge < -0.3 is 20.1 Å². The Morgan fingerprint density at radius 1 is 1.04 bits per heavy atom. The van der Waals surface area contributed by atoms with Crippen molar-refractivity contribution >= 4 is 11.6 Å². The van der Waals surface area contributed by atoms with Crippen molar-refractivity contribution in [2.45, 2.75) is 13.1 Å². The molecule has 3 aromatic rings. The van der Waals surface area contributed by atoms with Crippen LogP contribution in [0.4, 0.5) is 10.1 Å². The number of benzene rings is 2. The van der Waals surface area contributed by atoms with Crippen molar-refractivity contribution in [3.63, 3.8) is 0 Å². The average Bonchev–Trinajstić information content (AvgIpc) is 3.20. The van der Waals surface area contributed by atoms with Crippen LogP contribution in [0.1, 0.15) is 21.6 Å². The van der Waals surface area contributed by atoms with E-state index < -0.39 is 0 Å². The summed E-state index contributed by atoms with van der Waals surface area (Å²) in [6.45, 7) is 0.904. The molecule has 28 heavy (non-hydrogen) atoms. The van der Waals surface area contributed by atoms with Gasteiger partial charge in [0, 0.05) is 18.7 Å². The Kier molecular flexibility index (Phi) is 5.05. The quantitative estimate of drug-likeness (QED) is 0.686. The second-order valence-electron chi connectivity index (χ2n) is 6.25. The molecule has 2 N–H and O–H groups in total. The van der Waals surface area contributed by atoms with E-state index in [0.717, 1.165) is 5.56 Å². The maximum absolute atomic E-state index is 13.6. The third-order valence-corrected chi connectivity index (χ3v) is 4.33. The zero-order valence-corrected chi connectivity index (χ0v) is 14.9. The fraction of sp³-hybridized carbons (Fsp3) is 0.143. The largest absolute Gasteiger partial charge is 0.454 e. The molecule has 0 spiro atoms. The highest BCUT2D eigenvalue weighted by Gasteiger charge is 2.14. The zero-order valence-electron chi connectivity index (χ0n) is 14.9. The Balaban J connectivity index is 1.32. The predicted octanol–water partition coefficient (Wildman–Crippen LogP) is 3.49. The van der Waals surface area contributed by atoms with E-state index in [0.29, 0.717) is 41.5 Å². The van der Waals surface area contributed by atoms with Gasteiger partial charge in [-0.15, -0.1) is 0 Å². The fourth-order valence-corrected chi connectivity index (χ4v) is 2.80. The van der Waals surface area contributed by atoms with Gasteiger partial charge >= 0.3 is 0 Å². The summed E-state index contributed by atoms with van der Waals surface area (Å²) in [4.78, 5) is 16.5. The molecule has 1 aliphatic rings. The van der Waals surface area contributed by atoms with Crippen LogP contribution in [-0.2, 0) is 13.1 Å². The summed E-state index contributed by atoms with van der Waals surface area (Å²) in [5, 5.41) is 5.91. The van der Waals surface area contributed by atoms with Crippen LogP contribution in [0.3, 0.4) is 0 Å². The van der Waals surface area contributed by atoms with Crippen LogP contribution < -0.4 is 20.1 Å². The summed E-state index contributed by atoms with van der Waals surface area (Å²) in [7, 11) is 0. The van der Waals surface area contributed by atoms with Crippen LogP contribution in [0.15, 0.2) is 60.8 Å².